The summed E-state index contributed by atoms with van der Waals surface area (Å²) in [5.41, 5.74) is 13.2. The van der Waals surface area contributed by atoms with E-state index in [4.69, 9.17) is 15.0 Å². The fourth-order valence-corrected chi connectivity index (χ4v) is 6.27. The highest BCUT2D eigenvalue weighted by Crippen LogP contribution is 2.33. The lowest BCUT2D eigenvalue weighted by atomic mass is 9.98. The second-order valence-corrected chi connectivity index (χ2v) is 12.1. The molecule has 6 aromatic heterocycles. The van der Waals surface area contributed by atoms with Crippen LogP contribution in [0.2, 0.25) is 0 Å². The second-order valence-electron chi connectivity index (χ2n) is 12.1. The molecule has 0 saturated heterocycles. The fraction of sp³-hybridized carbons (Fsp3) is 0. The molecule has 50 heavy (non-hydrogen) atoms. The van der Waals surface area contributed by atoms with Crippen LogP contribution in [-0.4, -0.2) is 29.9 Å². The zero-order valence-electron chi connectivity index (χ0n) is 26.8. The van der Waals surface area contributed by atoms with Gasteiger partial charge in [0.25, 0.3) is 0 Å². The molecule has 6 heteroatoms. The van der Waals surface area contributed by atoms with Crippen molar-refractivity contribution >= 4 is 21.8 Å². The standard InChI is InChI=1S/C44H28N6/c1-4-21-45-39(10-1)42-20-16-34-26-31(14-18-38(34)49-42)30-13-17-37-33(25-30)15-19-36(48-37)32-9-7-8-29(24-32)35-27-43(40-11-2-5-22-46-40)50-44(28-35)41-12-3-6-23-47-41/h1-28H. The number of fused-ring (bicyclic) bond motifs is 2. The van der Waals surface area contributed by atoms with Crippen LogP contribution < -0.4 is 0 Å². The monoisotopic (exact) mass is 640 g/mol. The van der Waals surface area contributed by atoms with Gasteiger partial charge in [-0.3, -0.25) is 15.0 Å². The summed E-state index contributed by atoms with van der Waals surface area (Å²) in [5, 5.41) is 2.17. The lowest BCUT2D eigenvalue weighted by molar-refractivity contribution is 1.22. The second kappa shape index (κ2) is 12.6. The van der Waals surface area contributed by atoms with E-state index in [1.54, 1.807) is 18.6 Å². The van der Waals surface area contributed by atoms with Gasteiger partial charge in [-0.05, 0) is 113 Å². The first kappa shape index (κ1) is 29.2. The average Bonchev–Trinajstić information content (AvgIpc) is 3.21. The molecule has 0 N–H and O–H groups in total. The van der Waals surface area contributed by atoms with Crippen LogP contribution in [0.1, 0.15) is 0 Å². The molecule has 0 aliphatic heterocycles. The Labute approximate surface area is 288 Å². The Bertz CT molecular complexity index is 2580. The summed E-state index contributed by atoms with van der Waals surface area (Å²) < 4.78 is 0. The summed E-state index contributed by atoms with van der Waals surface area (Å²) in [7, 11) is 0. The van der Waals surface area contributed by atoms with Gasteiger partial charge in [0, 0.05) is 34.9 Å². The molecule has 6 nitrogen and oxygen atoms in total. The first-order chi connectivity index (χ1) is 24.7. The molecule has 0 aliphatic rings. The van der Waals surface area contributed by atoms with E-state index in [-0.39, 0.29) is 0 Å². The minimum atomic E-state index is 0.797. The predicted octanol–water partition coefficient (Wildman–Crippen LogP) is 10.4. The van der Waals surface area contributed by atoms with E-state index in [2.05, 4.69) is 106 Å². The number of benzene rings is 3. The van der Waals surface area contributed by atoms with Crippen molar-refractivity contribution in [3.8, 4) is 67.7 Å². The van der Waals surface area contributed by atoms with Crippen molar-refractivity contribution in [1.29, 1.82) is 0 Å². The molecule has 0 atom stereocenters. The Balaban J connectivity index is 1.03. The van der Waals surface area contributed by atoms with Gasteiger partial charge < -0.3 is 0 Å². The van der Waals surface area contributed by atoms with Gasteiger partial charge >= 0.3 is 0 Å². The number of pyridine rings is 6. The van der Waals surface area contributed by atoms with Crippen LogP contribution >= 0.6 is 0 Å². The number of hydrogen-bond acceptors (Lipinski definition) is 6. The largest absolute Gasteiger partial charge is 0.255 e. The Kier molecular flexibility index (Phi) is 7.37. The molecular formula is C44H28N6. The first-order valence-corrected chi connectivity index (χ1v) is 16.4. The molecule has 0 fully saturated rings. The van der Waals surface area contributed by atoms with Crippen LogP contribution in [0.25, 0.3) is 89.5 Å². The van der Waals surface area contributed by atoms with Gasteiger partial charge in [-0.15, -0.1) is 0 Å². The van der Waals surface area contributed by atoms with E-state index in [0.29, 0.717) is 0 Å². The third-order valence-corrected chi connectivity index (χ3v) is 8.81. The quantitative estimate of drug-likeness (QED) is 0.180. The van der Waals surface area contributed by atoms with Crippen LogP contribution in [0, 0.1) is 0 Å². The summed E-state index contributed by atoms with van der Waals surface area (Å²) in [6, 6.07) is 51.5. The van der Waals surface area contributed by atoms with Gasteiger partial charge in [0.05, 0.1) is 50.9 Å². The van der Waals surface area contributed by atoms with Crippen LogP contribution in [0.5, 0.6) is 0 Å². The minimum absolute atomic E-state index is 0.797. The van der Waals surface area contributed by atoms with E-state index in [1.165, 1.54) is 0 Å². The molecule has 0 amide bonds. The van der Waals surface area contributed by atoms with Gasteiger partial charge in [0.1, 0.15) is 0 Å². The molecule has 0 unspecified atom stereocenters. The van der Waals surface area contributed by atoms with E-state index in [1.807, 2.05) is 60.7 Å². The fourth-order valence-electron chi connectivity index (χ4n) is 6.27. The van der Waals surface area contributed by atoms with E-state index < -0.39 is 0 Å². The molecule has 0 bridgehead atoms. The van der Waals surface area contributed by atoms with Crippen molar-refractivity contribution in [3.05, 3.63) is 170 Å². The minimum Gasteiger partial charge on any atom is -0.255 e. The van der Waals surface area contributed by atoms with E-state index in [9.17, 15) is 0 Å². The lowest BCUT2D eigenvalue weighted by Crippen LogP contribution is -1.94. The number of hydrogen-bond donors (Lipinski definition) is 0. The lowest BCUT2D eigenvalue weighted by Gasteiger charge is -2.11. The van der Waals surface area contributed by atoms with Gasteiger partial charge in [-0.1, -0.05) is 60.7 Å². The SMILES string of the molecule is c1ccc(-c2cc(-c3cccc(-c4ccc5cc(-c6ccc7nc(-c8ccccn8)ccc7c6)ccc5n4)c3)cc(-c3ccccn3)n2)nc1. The highest BCUT2D eigenvalue weighted by atomic mass is 14.8. The Morgan fingerprint density at radius 1 is 0.260 bits per heavy atom. The average molecular weight is 641 g/mol. The Morgan fingerprint density at radius 2 is 0.760 bits per heavy atom. The van der Waals surface area contributed by atoms with Crippen molar-refractivity contribution in [2.24, 2.45) is 0 Å². The topological polar surface area (TPSA) is 77.3 Å². The van der Waals surface area contributed by atoms with Crippen LogP contribution in [-0.2, 0) is 0 Å². The first-order valence-electron chi connectivity index (χ1n) is 16.4. The smallest absolute Gasteiger partial charge is 0.0900 e. The van der Waals surface area contributed by atoms with Crippen LogP contribution in [0.3, 0.4) is 0 Å². The molecule has 0 saturated carbocycles. The van der Waals surface area contributed by atoms with Crippen molar-refractivity contribution < 1.29 is 0 Å². The predicted molar refractivity (Wildman–Crippen MR) is 201 cm³/mol. The van der Waals surface area contributed by atoms with Crippen LogP contribution in [0.15, 0.2) is 170 Å². The number of nitrogens with zero attached hydrogens (tertiary/aromatic N) is 6. The zero-order chi connectivity index (χ0) is 33.3. The third-order valence-electron chi connectivity index (χ3n) is 8.81. The highest BCUT2D eigenvalue weighted by Gasteiger charge is 2.12. The third kappa shape index (κ3) is 5.76. The summed E-state index contributed by atoms with van der Waals surface area (Å²) in [4.78, 5) is 28.4. The molecule has 0 aliphatic carbocycles. The van der Waals surface area contributed by atoms with Gasteiger partial charge in [-0.2, -0.15) is 0 Å². The van der Waals surface area contributed by atoms with Crippen molar-refractivity contribution in [2.45, 2.75) is 0 Å². The molecule has 9 aromatic rings. The Hall–Kier alpha value is -6.92. The molecule has 9 rings (SSSR count). The molecule has 0 spiro atoms. The summed E-state index contributed by atoms with van der Waals surface area (Å²) >= 11 is 0. The molecule has 6 heterocycles. The molecular weight excluding hydrogens is 613 g/mol. The van der Waals surface area contributed by atoms with Crippen LogP contribution in [0.4, 0.5) is 0 Å². The van der Waals surface area contributed by atoms with E-state index >= 15 is 0 Å². The van der Waals surface area contributed by atoms with Crippen molar-refractivity contribution in [1.82, 2.24) is 29.9 Å². The van der Waals surface area contributed by atoms with Gasteiger partial charge in [0.15, 0.2) is 0 Å². The molecule has 234 valence electrons. The molecule has 3 aromatic carbocycles. The molecule has 0 radical (unpaired) electrons. The van der Waals surface area contributed by atoms with Gasteiger partial charge in [0.2, 0.25) is 0 Å². The van der Waals surface area contributed by atoms with Crippen molar-refractivity contribution in [2.75, 3.05) is 0 Å². The maximum absolute atomic E-state index is 5.09. The summed E-state index contributed by atoms with van der Waals surface area (Å²) in [6.07, 6.45) is 5.37. The summed E-state index contributed by atoms with van der Waals surface area (Å²) in [5.74, 6) is 0. The van der Waals surface area contributed by atoms with Crippen molar-refractivity contribution in [3.63, 3.8) is 0 Å². The maximum Gasteiger partial charge on any atom is 0.0900 e. The summed E-state index contributed by atoms with van der Waals surface area (Å²) in [6.45, 7) is 0. The number of aromatic nitrogens is 6. The normalized spacial score (nSPS) is 11.2. The highest BCUT2D eigenvalue weighted by molar-refractivity contribution is 5.90. The number of rotatable bonds is 6. The Morgan fingerprint density at radius 3 is 1.32 bits per heavy atom. The van der Waals surface area contributed by atoms with E-state index in [0.717, 1.165) is 89.5 Å². The zero-order valence-corrected chi connectivity index (χ0v) is 26.8. The van der Waals surface area contributed by atoms with Gasteiger partial charge in [-0.25, -0.2) is 15.0 Å². The maximum atomic E-state index is 5.09.